The summed E-state index contributed by atoms with van der Waals surface area (Å²) in [7, 11) is -4.39. The largest absolute Gasteiger partial charge is 0.508 e. The van der Waals surface area contributed by atoms with Crippen LogP contribution in [0.25, 0.3) is 0 Å². The van der Waals surface area contributed by atoms with Gasteiger partial charge in [0.05, 0.1) is 12.2 Å². The summed E-state index contributed by atoms with van der Waals surface area (Å²) in [5, 5.41) is 10.2. The number of benzene rings is 2. The number of carbonyl (C=O) groups excluding carboxylic acids is 2. The summed E-state index contributed by atoms with van der Waals surface area (Å²) < 4.78 is 29.7. The van der Waals surface area contributed by atoms with E-state index >= 15 is 0 Å². The van der Waals surface area contributed by atoms with Crippen LogP contribution in [0.1, 0.15) is 89.1 Å². The first-order valence-corrected chi connectivity index (χ1v) is 16.3. The van der Waals surface area contributed by atoms with Crippen molar-refractivity contribution in [3.8, 4) is 11.5 Å². The Morgan fingerprint density at radius 3 is 1.79 bits per heavy atom. The van der Waals surface area contributed by atoms with Gasteiger partial charge in [-0.05, 0) is 114 Å². The number of aromatic hydroxyl groups is 1. The molecule has 4 N–H and O–H groups in total. The molecule has 0 radical (unpaired) electrons. The number of nitrogens with zero attached hydrogens (tertiary/aromatic N) is 1. The number of ether oxygens (including phenoxy) is 3. The Morgan fingerprint density at radius 2 is 1.35 bits per heavy atom. The van der Waals surface area contributed by atoms with Gasteiger partial charge in [0.2, 0.25) is 0 Å². The van der Waals surface area contributed by atoms with Crippen LogP contribution >= 0.6 is 7.52 Å². The van der Waals surface area contributed by atoms with E-state index in [1.165, 1.54) is 13.8 Å². The van der Waals surface area contributed by atoms with E-state index in [2.05, 4.69) is 10.9 Å². The zero-order chi connectivity index (χ0) is 32.6. The molecule has 11 nitrogen and oxygen atoms in total. The molecule has 2 aromatic rings. The minimum Gasteiger partial charge on any atom is -0.508 e. The molecule has 43 heavy (non-hydrogen) atoms. The fourth-order valence-electron chi connectivity index (χ4n) is 4.27. The van der Waals surface area contributed by atoms with E-state index in [4.69, 9.17) is 14.2 Å². The van der Waals surface area contributed by atoms with Crippen LogP contribution in [0.4, 0.5) is 0 Å². The second-order valence-electron chi connectivity index (χ2n) is 11.7. The standard InChI is InChI=1S/C31H48N3O8P/c1-18(2)27-15-25(11-12-29(27)35)16-28-21(7)13-26(14-22(28)8)40-17-43(38,39)34(32-23(9)30(36)41-19(3)4)33-24(10)31(37)42-20(5)6/h11-15,18-20,23-24,32-33,35H,16-17H2,1-10H3,(H,38,39). The number of aryl methyl sites for hydroxylation is 2. The highest BCUT2D eigenvalue weighted by atomic mass is 31.2. The SMILES string of the molecule is Cc1cc(OCP(=O)(O)N(NC(C)C(=O)OC(C)C)NC(C)C(=O)OC(C)C)cc(C)c1Cc1ccc(O)c(C(C)C)c1. The van der Waals surface area contributed by atoms with Crippen LogP contribution in [0, 0.1) is 13.8 Å². The maximum absolute atomic E-state index is 13.5. The summed E-state index contributed by atoms with van der Waals surface area (Å²) in [5.41, 5.74) is 10.2. The van der Waals surface area contributed by atoms with Gasteiger partial charge in [0.1, 0.15) is 23.6 Å². The van der Waals surface area contributed by atoms with Crippen molar-refractivity contribution in [1.82, 2.24) is 15.7 Å². The third kappa shape index (κ3) is 10.9. The molecule has 0 heterocycles. The van der Waals surface area contributed by atoms with Gasteiger partial charge < -0.3 is 24.2 Å². The average Bonchev–Trinajstić information content (AvgIpc) is 2.89. The third-order valence-electron chi connectivity index (χ3n) is 6.52. The smallest absolute Gasteiger partial charge is 0.333 e. The number of hydrogen-bond donors (Lipinski definition) is 4. The van der Waals surface area contributed by atoms with Gasteiger partial charge in [0.15, 0.2) is 6.35 Å². The van der Waals surface area contributed by atoms with E-state index in [9.17, 15) is 24.2 Å². The summed E-state index contributed by atoms with van der Waals surface area (Å²) in [4.78, 5) is 36.6. The van der Waals surface area contributed by atoms with Crippen LogP contribution in [0.2, 0.25) is 0 Å². The average molecular weight is 622 g/mol. The minimum absolute atomic E-state index is 0.184. The maximum Gasteiger partial charge on any atom is 0.333 e. The van der Waals surface area contributed by atoms with Crippen LogP contribution in [0.5, 0.6) is 11.5 Å². The lowest BCUT2D eigenvalue weighted by atomic mass is 9.93. The van der Waals surface area contributed by atoms with Crippen molar-refractivity contribution in [2.24, 2.45) is 0 Å². The fraction of sp³-hybridized carbons (Fsp3) is 0.548. The first-order chi connectivity index (χ1) is 19.9. The zero-order valence-corrected chi connectivity index (χ0v) is 27.8. The molecule has 240 valence electrons. The van der Waals surface area contributed by atoms with Gasteiger partial charge in [-0.1, -0.05) is 30.9 Å². The van der Waals surface area contributed by atoms with Crippen molar-refractivity contribution in [1.29, 1.82) is 0 Å². The Balaban J connectivity index is 2.25. The second-order valence-corrected chi connectivity index (χ2v) is 13.7. The first kappa shape index (κ1) is 36.2. The van der Waals surface area contributed by atoms with Crippen LogP contribution in [-0.2, 0) is 30.0 Å². The lowest BCUT2D eigenvalue weighted by molar-refractivity contribution is -0.152. The van der Waals surface area contributed by atoms with Gasteiger partial charge in [0, 0.05) is 0 Å². The van der Waals surface area contributed by atoms with Gasteiger partial charge in [-0.15, -0.1) is 0 Å². The highest BCUT2D eigenvalue weighted by Gasteiger charge is 2.35. The molecule has 3 unspecified atom stereocenters. The molecule has 0 aliphatic carbocycles. The van der Waals surface area contributed by atoms with Crippen molar-refractivity contribution in [3.63, 3.8) is 0 Å². The number of phenols is 1. The highest BCUT2D eigenvalue weighted by Crippen LogP contribution is 2.43. The van der Waals surface area contributed by atoms with Crippen molar-refractivity contribution in [3.05, 3.63) is 58.1 Å². The summed E-state index contributed by atoms with van der Waals surface area (Å²) >= 11 is 0. The van der Waals surface area contributed by atoms with E-state index in [1.807, 2.05) is 39.8 Å². The zero-order valence-electron chi connectivity index (χ0n) is 26.9. The normalized spacial score (nSPS) is 14.6. The van der Waals surface area contributed by atoms with E-state index in [1.54, 1.807) is 45.9 Å². The van der Waals surface area contributed by atoms with Gasteiger partial charge in [-0.3, -0.25) is 14.2 Å². The molecule has 12 heteroatoms. The summed E-state index contributed by atoms with van der Waals surface area (Å²) in [6.45, 7) is 17.7. The fourth-order valence-corrected chi connectivity index (χ4v) is 5.41. The molecular weight excluding hydrogens is 573 g/mol. The topological polar surface area (TPSA) is 147 Å². The van der Waals surface area contributed by atoms with E-state index < -0.39 is 37.9 Å². The Labute approximate surface area is 255 Å². The predicted molar refractivity (Wildman–Crippen MR) is 166 cm³/mol. The molecule has 0 spiro atoms. The van der Waals surface area contributed by atoms with Crippen LogP contribution < -0.4 is 15.6 Å². The molecule has 2 rings (SSSR count). The third-order valence-corrected chi connectivity index (χ3v) is 7.84. The molecule has 3 atom stereocenters. The van der Waals surface area contributed by atoms with Crippen molar-refractivity contribution in [2.45, 2.75) is 106 Å². The Hall–Kier alpha value is -2.95. The number of rotatable bonds is 15. The molecule has 0 aromatic heterocycles. The Bertz CT molecular complexity index is 1260. The van der Waals surface area contributed by atoms with E-state index in [-0.39, 0.29) is 23.9 Å². The lowest BCUT2D eigenvalue weighted by Gasteiger charge is -2.32. The number of phenolic OH excluding ortho intramolecular Hbond substituents is 1. The number of carbonyl (C=O) groups is 2. The quantitative estimate of drug-likeness (QED) is 0.118. The van der Waals surface area contributed by atoms with E-state index in [0.29, 0.717) is 12.2 Å². The molecule has 0 aliphatic rings. The Morgan fingerprint density at radius 1 is 0.860 bits per heavy atom. The number of hydrazine groups is 2. The highest BCUT2D eigenvalue weighted by molar-refractivity contribution is 7.55. The predicted octanol–water partition coefficient (Wildman–Crippen LogP) is 5.24. The minimum atomic E-state index is -4.39. The van der Waals surface area contributed by atoms with Gasteiger partial charge in [-0.25, -0.2) is 10.9 Å². The summed E-state index contributed by atoms with van der Waals surface area (Å²) in [6, 6.07) is 7.16. The van der Waals surface area contributed by atoms with Crippen LogP contribution in [-0.4, -0.2) is 57.5 Å². The Kier molecular flexibility index (Phi) is 13.2. The van der Waals surface area contributed by atoms with Crippen molar-refractivity contribution < 1.29 is 38.4 Å². The van der Waals surface area contributed by atoms with Crippen molar-refractivity contribution in [2.75, 3.05) is 6.35 Å². The van der Waals surface area contributed by atoms with Crippen LogP contribution in [0.15, 0.2) is 30.3 Å². The van der Waals surface area contributed by atoms with Gasteiger partial charge >= 0.3 is 19.5 Å². The monoisotopic (exact) mass is 621 g/mol. The van der Waals surface area contributed by atoms with Gasteiger partial charge in [0.25, 0.3) is 0 Å². The van der Waals surface area contributed by atoms with Crippen LogP contribution in [0.3, 0.4) is 0 Å². The molecule has 2 aromatic carbocycles. The van der Waals surface area contributed by atoms with Gasteiger partial charge in [-0.2, -0.15) is 0 Å². The molecule has 0 saturated heterocycles. The molecule has 0 amide bonds. The molecule has 0 saturated carbocycles. The first-order valence-electron chi connectivity index (χ1n) is 14.5. The summed E-state index contributed by atoms with van der Waals surface area (Å²) in [5.74, 6) is -0.434. The molecule has 0 bridgehead atoms. The maximum atomic E-state index is 13.5. The lowest BCUT2D eigenvalue weighted by Crippen LogP contribution is -2.56. The summed E-state index contributed by atoms with van der Waals surface area (Å²) in [6.07, 6.45) is -0.780. The number of nitrogens with one attached hydrogen (secondary N) is 2. The van der Waals surface area contributed by atoms with Crippen molar-refractivity contribution >= 4 is 19.5 Å². The number of hydrogen-bond acceptors (Lipinski definition) is 9. The molecular formula is C31H48N3O8P. The molecule has 0 aliphatic heterocycles. The second kappa shape index (κ2) is 15.7. The van der Waals surface area contributed by atoms with E-state index in [0.717, 1.165) is 32.7 Å². The molecule has 0 fully saturated rings. The number of esters is 2.